The zero-order chi connectivity index (χ0) is 13.8. The van der Waals surface area contributed by atoms with Crippen LogP contribution in [0.5, 0.6) is 0 Å². The van der Waals surface area contributed by atoms with E-state index < -0.39 is 11.6 Å². The van der Waals surface area contributed by atoms with Crippen LogP contribution in [0.2, 0.25) is 0 Å². The Labute approximate surface area is 119 Å². The van der Waals surface area contributed by atoms with Crippen molar-refractivity contribution < 1.29 is 18.3 Å². The summed E-state index contributed by atoms with van der Waals surface area (Å²) in [6.45, 7) is 3.67. The second kappa shape index (κ2) is 6.74. The maximum absolute atomic E-state index is 13.7. The fourth-order valence-corrected chi connectivity index (χ4v) is 2.34. The number of benzene rings is 1. The van der Waals surface area contributed by atoms with E-state index in [2.05, 4.69) is 21.2 Å². The molecule has 0 aliphatic carbocycles. The first-order valence-electron chi connectivity index (χ1n) is 6.14. The number of ether oxygens (including phenoxy) is 2. The van der Waals surface area contributed by atoms with Gasteiger partial charge in [-0.2, -0.15) is 0 Å². The molecule has 6 heteroatoms. The topological polar surface area (TPSA) is 30.5 Å². The van der Waals surface area contributed by atoms with Crippen LogP contribution in [0.15, 0.2) is 16.6 Å². The molecule has 0 bridgehead atoms. The molecule has 2 rings (SSSR count). The number of nitrogens with one attached hydrogen (secondary N) is 1. The van der Waals surface area contributed by atoms with Crippen molar-refractivity contribution in [3.8, 4) is 0 Å². The summed E-state index contributed by atoms with van der Waals surface area (Å²) >= 11 is 3.02. The van der Waals surface area contributed by atoms with E-state index in [9.17, 15) is 8.78 Å². The van der Waals surface area contributed by atoms with Gasteiger partial charge in [-0.05, 0) is 35.0 Å². The van der Waals surface area contributed by atoms with Gasteiger partial charge in [-0.25, -0.2) is 8.78 Å². The van der Waals surface area contributed by atoms with Gasteiger partial charge in [0, 0.05) is 13.1 Å². The van der Waals surface area contributed by atoms with E-state index in [1.54, 1.807) is 0 Å². The molecule has 2 unspecified atom stereocenters. The third-order valence-corrected chi connectivity index (χ3v) is 3.53. The van der Waals surface area contributed by atoms with Crippen molar-refractivity contribution in [1.82, 2.24) is 5.32 Å². The van der Waals surface area contributed by atoms with E-state index in [0.717, 1.165) is 6.54 Å². The largest absolute Gasteiger partial charge is 0.374 e. The third kappa shape index (κ3) is 3.95. The zero-order valence-electron chi connectivity index (χ0n) is 10.6. The van der Waals surface area contributed by atoms with Gasteiger partial charge in [-0.15, -0.1) is 0 Å². The predicted octanol–water partition coefficient (Wildman–Crippen LogP) is 2.62. The van der Waals surface area contributed by atoms with Crippen molar-refractivity contribution in [2.75, 3.05) is 19.7 Å². The molecule has 1 N–H and O–H groups in total. The lowest BCUT2D eigenvalue weighted by Crippen LogP contribution is -2.45. The Hall–Kier alpha value is -0.560. The second-order valence-corrected chi connectivity index (χ2v) is 5.42. The van der Waals surface area contributed by atoms with Gasteiger partial charge < -0.3 is 14.8 Å². The predicted molar refractivity (Wildman–Crippen MR) is 70.9 cm³/mol. The molecule has 0 amide bonds. The van der Waals surface area contributed by atoms with E-state index in [1.165, 1.54) is 12.1 Å². The van der Waals surface area contributed by atoms with Crippen molar-refractivity contribution in [1.29, 1.82) is 0 Å². The lowest BCUT2D eigenvalue weighted by molar-refractivity contribution is -0.0721. The minimum absolute atomic E-state index is 0.0637. The van der Waals surface area contributed by atoms with Gasteiger partial charge in [0.05, 0.1) is 35.5 Å². The average molecular weight is 336 g/mol. The highest BCUT2D eigenvalue weighted by molar-refractivity contribution is 9.10. The molecule has 0 aromatic heterocycles. The van der Waals surface area contributed by atoms with Crippen LogP contribution in [0.4, 0.5) is 8.78 Å². The number of morpholine rings is 1. The van der Waals surface area contributed by atoms with Gasteiger partial charge in [0.1, 0.15) is 11.6 Å². The van der Waals surface area contributed by atoms with Crippen molar-refractivity contribution in [2.24, 2.45) is 0 Å². The number of halogens is 3. The highest BCUT2D eigenvalue weighted by atomic mass is 79.9. The lowest BCUT2D eigenvalue weighted by atomic mass is 10.2. The molecular formula is C13H16BrF2NO2. The Balaban J connectivity index is 1.87. The van der Waals surface area contributed by atoms with E-state index in [0.29, 0.717) is 13.2 Å². The molecule has 1 heterocycles. The first-order chi connectivity index (χ1) is 9.08. The van der Waals surface area contributed by atoms with Crippen molar-refractivity contribution in [2.45, 2.75) is 25.7 Å². The average Bonchev–Trinajstić information content (AvgIpc) is 2.38. The molecule has 0 radical (unpaired) electrons. The highest BCUT2D eigenvalue weighted by Crippen LogP contribution is 2.22. The summed E-state index contributed by atoms with van der Waals surface area (Å²) < 4.78 is 38.4. The SMILES string of the molecule is CC1CNCC(COCc2c(F)ccc(Br)c2F)O1. The number of hydrogen-bond donors (Lipinski definition) is 1. The molecule has 0 saturated carbocycles. The molecule has 1 aromatic carbocycles. The minimum atomic E-state index is -0.615. The molecule has 106 valence electrons. The standard InChI is InChI=1S/C13H16BrF2NO2/c1-8-4-17-5-9(19-8)6-18-7-10-12(15)3-2-11(14)13(10)16/h2-3,8-9,17H,4-7H2,1H3. The lowest BCUT2D eigenvalue weighted by Gasteiger charge is -2.28. The smallest absolute Gasteiger partial charge is 0.145 e. The molecule has 1 fully saturated rings. The Kier molecular flexibility index (Phi) is 5.27. The second-order valence-electron chi connectivity index (χ2n) is 4.56. The van der Waals surface area contributed by atoms with Gasteiger partial charge >= 0.3 is 0 Å². The van der Waals surface area contributed by atoms with E-state index in [1.807, 2.05) is 6.92 Å². The van der Waals surface area contributed by atoms with Crippen LogP contribution < -0.4 is 5.32 Å². The fraction of sp³-hybridized carbons (Fsp3) is 0.538. The van der Waals surface area contributed by atoms with Crippen LogP contribution >= 0.6 is 15.9 Å². The van der Waals surface area contributed by atoms with Crippen LogP contribution in [0.25, 0.3) is 0 Å². The normalized spacial score (nSPS) is 23.6. The fourth-order valence-electron chi connectivity index (χ4n) is 1.96. The summed E-state index contributed by atoms with van der Waals surface area (Å²) in [7, 11) is 0. The molecule has 1 aromatic rings. The van der Waals surface area contributed by atoms with Crippen LogP contribution in [0.3, 0.4) is 0 Å². The summed E-state index contributed by atoms with van der Waals surface area (Å²) in [5.41, 5.74) is -0.0637. The molecule has 19 heavy (non-hydrogen) atoms. The van der Waals surface area contributed by atoms with Crippen molar-refractivity contribution in [3.05, 3.63) is 33.8 Å². The minimum Gasteiger partial charge on any atom is -0.374 e. The molecular weight excluding hydrogens is 320 g/mol. The summed E-state index contributed by atoms with van der Waals surface area (Å²) in [4.78, 5) is 0. The van der Waals surface area contributed by atoms with Gasteiger partial charge in [0.2, 0.25) is 0 Å². The number of hydrogen-bond acceptors (Lipinski definition) is 3. The van der Waals surface area contributed by atoms with E-state index >= 15 is 0 Å². The number of rotatable bonds is 4. The van der Waals surface area contributed by atoms with Gasteiger partial charge in [-0.1, -0.05) is 0 Å². The highest BCUT2D eigenvalue weighted by Gasteiger charge is 2.19. The third-order valence-electron chi connectivity index (χ3n) is 2.92. The van der Waals surface area contributed by atoms with Crippen molar-refractivity contribution >= 4 is 15.9 Å². The Morgan fingerprint density at radius 3 is 2.95 bits per heavy atom. The van der Waals surface area contributed by atoms with Crippen molar-refractivity contribution in [3.63, 3.8) is 0 Å². The van der Waals surface area contributed by atoms with Crippen LogP contribution in [-0.4, -0.2) is 31.9 Å². The van der Waals surface area contributed by atoms with Crippen LogP contribution in [0.1, 0.15) is 12.5 Å². The molecule has 1 aliphatic heterocycles. The van der Waals surface area contributed by atoms with Crippen LogP contribution in [0, 0.1) is 11.6 Å². The van der Waals surface area contributed by atoms with Gasteiger partial charge in [0.25, 0.3) is 0 Å². The molecule has 3 nitrogen and oxygen atoms in total. The summed E-state index contributed by atoms with van der Waals surface area (Å²) in [5.74, 6) is -1.21. The Bertz CT molecular complexity index is 445. The summed E-state index contributed by atoms with van der Waals surface area (Å²) in [5, 5.41) is 3.20. The Morgan fingerprint density at radius 2 is 2.21 bits per heavy atom. The Morgan fingerprint density at radius 1 is 1.42 bits per heavy atom. The zero-order valence-corrected chi connectivity index (χ0v) is 12.2. The van der Waals surface area contributed by atoms with Gasteiger partial charge in [-0.3, -0.25) is 0 Å². The molecule has 1 aliphatic rings. The maximum atomic E-state index is 13.7. The monoisotopic (exact) mass is 335 g/mol. The first kappa shape index (κ1) is 14.8. The quantitative estimate of drug-likeness (QED) is 0.858. The molecule has 1 saturated heterocycles. The van der Waals surface area contributed by atoms with E-state index in [-0.39, 0.29) is 28.9 Å². The summed E-state index contributed by atoms with van der Waals surface area (Å²) in [6.07, 6.45) is 0.0451. The van der Waals surface area contributed by atoms with Gasteiger partial charge in [0.15, 0.2) is 0 Å². The maximum Gasteiger partial charge on any atom is 0.145 e. The summed E-state index contributed by atoms with van der Waals surface area (Å²) in [6, 6.07) is 2.55. The van der Waals surface area contributed by atoms with E-state index in [4.69, 9.17) is 9.47 Å². The first-order valence-corrected chi connectivity index (χ1v) is 6.93. The van der Waals surface area contributed by atoms with Crippen LogP contribution in [-0.2, 0) is 16.1 Å². The molecule has 0 spiro atoms. The molecule has 2 atom stereocenters.